The van der Waals surface area contributed by atoms with E-state index in [1.165, 1.54) is 37.7 Å². The van der Waals surface area contributed by atoms with Crippen molar-refractivity contribution >= 4 is 0 Å². The zero-order chi connectivity index (χ0) is 23.6. The predicted octanol–water partition coefficient (Wildman–Crippen LogP) is 5.96. The monoisotopic (exact) mass is 465 g/mol. The average molecular weight is 466 g/mol. The zero-order valence-corrected chi connectivity index (χ0v) is 20.7. The molecular weight excluding hydrogens is 420 g/mol. The Morgan fingerprint density at radius 1 is 1.12 bits per heavy atom. The molecule has 4 rings (SSSR count). The van der Waals surface area contributed by atoms with Gasteiger partial charge in [-0.25, -0.2) is 8.78 Å². The Bertz CT molecular complexity index is 711. The van der Waals surface area contributed by atoms with Gasteiger partial charge >= 0.3 is 0 Å². The van der Waals surface area contributed by atoms with Gasteiger partial charge in [0.25, 0.3) is 0 Å². The van der Waals surface area contributed by atoms with Crippen LogP contribution in [0.25, 0.3) is 0 Å². The number of aliphatic hydroxyl groups excluding tert-OH is 2. The molecule has 1 saturated heterocycles. The molecular formula is C28H45F2NO2. The van der Waals surface area contributed by atoms with E-state index in [1.807, 2.05) is 0 Å². The Hall–Kier alpha value is -0.780. The van der Waals surface area contributed by atoms with E-state index in [0.29, 0.717) is 48.9 Å². The molecule has 7 atom stereocenters. The fourth-order valence-corrected chi connectivity index (χ4v) is 7.96. The van der Waals surface area contributed by atoms with Crippen LogP contribution in [-0.2, 0) is 0 Å². The Morgan fingerprint density at radius 2 is 1.88 bits per heavy atom. The molecule has 3 aliphatic carbocycles. The topological polar surface area (TPSA) is 43.7 Å². The highest BCUT2D eigenvalue weighted by Crippen LogP contribution is 2.59. The zero-order valence-electron chi connectivity index (χ0n) is 20.7. The van der Waals surface area contributed by atoms with E-state index >= 15 is 0 Å². The highest BCUT2D eigenvalue weighted by molar-refractivity contribution is 5.26. The number of allylic oxidation sites excluding steroid dienone is 3. The van der Waals surface area contributed by atoms with Gasteiger partial charge in [0.2, 0.25) is 6.43 Å². The third-order valence-electron chi connectivity index (χ3n) is 9.51. The van der Waals surface area contributed by atoms with Crippen molar-refractivity contribution < 1.29 is 19.0 Å². The summed E-state index contributed by atoms with van der Waals surface area (Å²) in [4.78, 5) is 2.54. The van der Waals surface area contributed by atoms with Crippen molar-refractivity contribution in [1.29, 1.82) is 0 Å². The first-order valence-electron chi connectivity index (χ1n) is 13.5. The molecule has 0 radical (unpaired) electrons. The van der Waals surface area contributed by atoms with Crippen LogP contribution in [0, 0.1) is 29.1 Å². The number of likely N-dealkylation sites (tertiary alicyclic amines) is 1. The minimum Gasteiger partial charge on any atom is -0.393 e. The van der Waals surface area contributed by atoms with Gasteiger partial charge in [0, 0.05) is 19.5 Å². The van der Waals surface area contributed by atoms with Crippen LogP contribution >= 0.6 is 0 Å². The molecule has 1 heterocycles. The van der Waals surface area contributed by atoms with Gasteiger partial charge in [-0.15, -0.1) is 0 Å². The summed E-state index contributed by atoms with van der Waals surface area (Å²) < 4.78 is 25.2. The summed E-state index contributed by atoms with van der Waals surface area (Å²) in [6.07, 6.45) is 11.5. The molecule has 4 fully saturated rings. The van der Waals surface area contributed by atoms with Gasteiger partial charge in [-0.2, -0.15) is 0 Å². The number of fused-ring (bicyclic) bond motifs is 1. The van der Waals surface area contributed by atoms with Gasteiger partial charge in [0.05, 0.1) is 12.2 Å². The Balaban J connectivity index is 1.36. The highest BCUT2D eigenvalue weighted by atomic mass is 19.3. The highest BCUT2D eigenvalue weighted by Gasteiger charge is 2.50. The molecule has 3 saturated carbocycles. The van der Waals surface area contributed by atoms with Crippen LogP contribution in [-0.4, -0.2) is 53.4 Å². The van der Waals surface area contributed by atoms with E-state index < -0.39 is 18.6 Å². The quantitative estimate of drug-likeness (QED) is 0.487. The van der Waals surface area contributed by atoms with Crippen LogP contribution in [0.15, 0.2) is 23.3 Å². The van der Waals surface area contributed by atoms with Gasteiger partial charge in [-0.3, -0.25) is 0 Å². The van der Waals surface area contributed by atoms with Crippen LogP contribution in [0.3, 0.4) is 0 Å². The summed E-state index contributed by atoms with van der Waals surface area (Å²) in [7, 11) is 0. The molecule has 0 spiro atoms. The fraction of sp³-hybridized carbons (Fsp3) is 0.857. The lowest BCUT2D eigenvalue weighted by Gasteiger charge is -2.45. The van der Waals surface area contributed by atoms with E-state index in [2.05, 4.69) is 30.9 Å². The summed E-state index contributed by atoms with van der Waals surface area (Å²) in [5.74, 6) is 2.45. The lowest BCUT2D eigenvalue weighted by molar-refractivity contribution is 0.0609. The number of hydrogen-bond donors (Lipinski definition) is 2. The Morgan fingerprint density at radius 3 is 2.61 bits per heavy atom. The van der Waals surface area contributed by atoms with Gasteiger partial charge in [0.15, 0.2) is 0 Å². The van der Waals surface area contributed by atoms with Crippen LogP contribution in [0.5, 0.6) is 0 Å². The molecule has 188 valence electrons. The van der Waals surface area contributed by atoms with E-state index in [0.717, 1.165) is 32.0 Å². The van der Waals surface area contributed by atoms with Crippen LogP contribution < -0.4 is 0 Å². The molecule has 2 N–H and O–H groups in total. The van der Waals surface area contributed by atoms with Gasteiger partial charge < -0.3 is 15.1 Å². The van der Waals surface area contributed by atoms with Crippen molar-refractivity contribution in [2.24, 2.45) is 29.1 Å². The molecule has 0 aromatic rings. The van der Waals surface area contributed by atoms with E-state index in [1.54, 1.807) is 5.57 Å². The van der Waals surface area contributed by atoms with Crippen molar-refractivity contribution in [2.45, 2.75) is 103 Å². The SMILES string of the molecule is C[C@H](CN1CC[C@H](CCC(F)F)C1)[C@H]1CC[C@H]2/C(=C/C=C3C[C@@H](O)C[C@H](O)C3)CCC[C@]12C. The number of aliphatic hydroxyl groups is 2. The van der Waals surface area contributed by atoms with E-state index in [9.17, 15) is 19.0 Å². The Labute approximate surface area is 199 Å². The summed E-state index contributed by atoms with van der Waals surface area (Å²) in [5, 5.41) is 20.0. The van der Waals surface area contributed by atoms with Gasteiger partial charge in [-0.05, 0) is 99.8 Å². The van der Waals surface area contributed by atoms with Crippen molar-refractivity contribution in [3.63, 3.8) is 0 Å². The lowest BCUT2D eigenvalue weighted by Crippen LogP contribution is -2.39. The fourth-order valence-electron chi connectivity index (χ4n) is 7.96. The number of halogens is 2. The number of hydrogen-bond acceptors (Lipinski definition) is 3. The molecule has 0 unspecified atom stereocenters. The first-order valence-corrected chi connectivity index (χ1v) is 13.5. The largest absolute Gasteiger partial charge is 0.393 e. The average Bonchev–Trinajstić information content (AvgIpc) is 3.33. The van der Waals surface area contributed by atoms with Crippen molar-refractivity contribution in [2.75, 3.05) is 19.6 Å². The van der Waals surface area contributed by atoms with Gasteiger partial charge in [-0.1, -0.05) is 37.1 Å². The normalized spacial score (nSPS) is 39.9. The molecule has 0 aromatic heterocycles. The second-order valence-electron chi connectivity index (χ2n) is 12.0. The maximum Gasteiger partial charge on any atom is 0.238 e. The van der Waals surface area contributed by atoms with Crippen molar-refractivity contribution in [3.05, 3.63) is 23.3 Å². The first-order chi connectivity index (χ1) is 15.7. The second kappa shape index (κ2) is 10.9. The maximum absolute atomic E-state index is 12.6. The lowest BCUT2D eigenvalue weighted by atomic mass is 9.61. The summed E-state index contributed by atoms with van der Waals surface area (Å²) in [6, 6.07) is 0. The summed E-state index contributed by atoms with van der Waals surface area (Å²) in [6.45, 7) is 8.13. The third kappa shape index (κ3) is 6.08. The molecule has 0 amide bonds. The predicted molar refractivity (Wildman–Crippen MR) is 129 cm³/mol. The minimum absolute atomic E-state index is 0.0552. The van der Waals surface area contributed by atoms with Crippen molar-refractivity contribution in [3.8, 4) is 0 Å². The van der Waals surface area contributed by atoms with Crippen molar-refractivity contribution in [1.82, 2.24) is 4.90 Å². The molecule has 33 heavy (non-hydrogen) atoms. The third-order valence-corrected chi connectivity index (χ3v) is 9.51. The smallest absolute Gasteiger partial charge is 0.238 e. The standard InChI is InChI=1S/C28H45F2NO2/c1-19(17-31-13-11-20(18-31)6-10-27(29)30)25-8-9-26-22(4-3-12-28(25,26)2)7-5-21-14-23(32)16-24(33)15-21/h5,7,19-20,23-27,32-33H,3-4,6,8-18H2,1-2H3/b22-7+/t19-,20+,23-,24-,25-,26+,28-/m1/s1. The minimum atomic E-state index is -2.16. The van der Waals surface area contributed by atoms with E-state index in [4.69, 9.17) is 0 Å². The molecule has 5 heteroatoms. The van der Waals surface area contributed by atoms with Crippen LogP contribution in [0.2, 0.25) is 0 Å². The van der Waals surface area contributed by atoms with Crippen LogP contribution in [0.1, 0.15) is 84.5 Å². The molecule has 1 aliphatic heterocycles. The second-order valence-corrected chi connectivity index (χ2v) is 12.0. The number of alkyl halides is 2. The summed E-state index contributed by atoms with van der Waals surface area (Å²) in [5.41, 5.74) is 3.11. The Kier molecular flexibility index (Phi) is 8.34. The molecule has 4 aliphatic rings. The number of nitrogens with zero attached hydrogens (tertiary/aromatic N) is 1. The maximum atomic E-state index is 12.6. The van der Waals surface area contributed by atoms with Crippen LogP contribution in [0.4, 0.5) is 8.78 Å². The molecule has 0 bridgehead atoms. The number of rotatable bonds is 7. The summed E-state index contributed by atoms with van der Waals surface area (Å²) >= 11 is 0. The van der Waals surface area contributed by atoms with E-state index in [-0.39, 0.29) is 6.42 Å². The molecule has 0 aromatic carbocycles. The molecule has 3 nitrogen and oxygen atoms in total. The first kappa shape index (κ1) is 25.3. The van der Waals surface area contributed by atoms with Gasteiger partial charge in [0.1, 0.15) is 0 Å².